The van der Waals surface area contributed by atoms with Crippen molar-refractivity contribution in [2.75, 3.05) is 7.11 Å². The summed E-state index contributed by atoms with van der Waals surface area (Å²) >= 11 is 1.51. The maximum absolute atomic E-state index is 13.3. The van der Waals surface area contributed by atoms with E-state index in [1.165, 1.54) is 18.4 Å². The zero-order valence-electron chi connectivity index (χ0n) is 19.3. The van der Waals surface area contributed by atoms with E-state index in [2.05, 4.69) is 15.6 Å². The Morgan fingerprint density at radius 3 is 2.18 bits per heavy atom. The van der Waals surface area contributed by atoms with Crippen LogP contribution in [0.15, 0.2) is 54.6 Å². The van der Waals surface area contributed by atoms with Crippen LogP contribution in [-0.4, -0.2) is 36.0 Å². The minimum Gasteiger partial charge on any atom is -0.453 e. The number of carbonyl (C=O) groups excluding carboxylic acids is 3. The second kappa shape index (κ2) is 11.4. The monoisotopic (exact) mass is 480 g/mol. The van der Waals surface area contributed by atoms with E-state index in [1.54, 1.807) is 24.3 Å². The lowest BCUT2D eigenvalue weighted by molar-refractivity contribution is -0.123. The number of methoxy groups -OCH3 is 1. The Balaban J connectivity index is 1.85. The number of hydrogen-bond acceptors (Lipinski definition) is 6. The molecule has 0 unspecified atom stereocenters. The van der Waals surface area contributed by atoms with Crippen LogP contribution in [0.1, 0.15) is 43.1 Å². The van der Waals surface area contributed by atoms with E-state index in [4.69, 9.17) is 10.5 Å². The fraction of sp³-hybridized carbons (Fsp3) is 0.280. The van der Waals surface area contributed by atoms with Crippen molar-refractivity contribution < 1.29 is 19.1 Å². The van der Waals surface area contributed by atoms with Crippen LogP contribution < -0.4 is 16.4 Å². The third kappa shape index (κ3) is 6.64. The van der Waals surface area contributed by atoms with Gasteiger partial charge in [-0.2, -0.15) is 0 Å². The summed E-state index contributed by atoms with van der Waals surface area (Å²) in [6, 6.07) is 15.1. The minimum atomic E-state index is -0.836. The van der Waals surface area contributed by atoms with Gasteiger partial charge in [0.05, 0.1) is 18.8 Å². The van der Waals surface area contributed by atoms with Gasteiger partial charge in [0.1, 0.15) is 11.0 Å². The van der Waals surface area contributed by atoms with Gasteiger partial charge < -0.3 is 21.1 Å². The van der Waals surface area contributed by atoms with E-state index in [0.29, 0.717) is 18.4 Å². The second-order valence-corrected chi connectivity index (χ2v) is 9.13. The Hall–Kier alpha value is -3.72. The van der Waals surface area contributed by atoms with E-state index in [0.717, 1.165) is 26.7 Å². The van der Waals surface area contributed by atoms with Gasteiger partial charge in [-0.25, -0.2) is 9.78 Å². The van der Waals surface area contributed by atoms with Gasteiger partial charge in [0, 0.05) is 16.9 Å². The van der Waals surface area contributed by atoms with Crippen molar-refractivity contribution in [3.63, 3.8) is 0 Å². The van der Waals surface area contributed by atoms with Gasteiger partial charge in [-0.05, 0) is 43.5 Å². The average Bonchev–Trinajstić information content (AvgIpc) is 3.17. The number of aryl methyl sites for hydroxylation is 2. The summed E-state index contributed by atoms with van der Waals surface area (Å²) in [4.78, 5) is 42.4. The molecule has 9 heteroatoms. The Morgan fingerprint density at radius 1 is 0.971 bits per heavy atom. The maximum atomic E-state index is 13.3. The first-order valence-corrected chi connectivity index (χ1v) is 11.6. The number of ether oxygens (including phenoxy) is 1. The number of alkyl carbamates (subject to hydrolysis) is 1. The Kier molecular flexibility index (Phi) is 8.37. The van der Waals surface area contributed by atoms with E-state index >= 15 is 0 Å². The highest BCUT2D eigenvalue weighted by atomic mass is 32.1. The third-order valence-electron chi connectivity index (χ3n) is 5.41. The van der Waals surface area contributed by atoms with Crippen molar-refractivity contribution in [2.45, 2.75) is 38.8 Å². The molecule has 0 saturated carbocycles. The normalized spacial score (nSPS) is 12.4. The molecule has 0 radical (unpaired) electrons. The van der Waals surface area contributed by atoms with E-state index in [9.17, 15) is 14.4 Å². The number of amides is 3. The number of carbonyl (C=O) groups is 3. The van der Waals surface area contributed by atoms with Crippen LogP contribution in [0, 0.1) is 13.8 Å². The van der Waals surface area contributed by atoms with Gasteiger partial charge in [-0.3, -0.25) is 9.59 Å². The molecule has 3 aromatic rings. The Bertz CT molecular complexity index is 1130. The fourth-order valence-corrected chi connectivity index (χ4v) is 4.39. The van der Waals surface area contributed by atoms with E-state index < -0.39 is 24.1 Å². The summed E-state index contributed by atoms with van der Waals surface area (Å²) in [7, 11) is 1.26. The highest BCUT2D eigenvalue weighted by Gasteiger charge is 2.26. The summed E-state index contributed by atoms with van der Waals surface area (Å²) in [5, 5.41) is 6.45. The third-order valence-corrected chi connectivity index (χ3v) is 6.60. The second-order valence-electron chi connectivity index (χ2n) is 7.90. The number of benzene rings is 2. The summed E-state index contributed by atoms with van der Waals surface area (Å²) < 4.78 is 4.73. The van der Waals surface area contributed by atoms with Gasteiger partial charge in [0.25, 0.3) is 0 Å². The van der Waals surface area contributed by atoms with Crippen LogP contribution in [0.25, 0.3) is 0 Å². The van der Waals surface area contributed by atoms with Crippen LogP contribution in [0.5, 0.6) is 0 Å². The van der Waals surface area contributed by atoms with Crippen LogP contribution in [0.2, 0.25) is 0 Å². The summed E-state index contributed by atoms with van der Waals surface area (Å²) in [6.07, 6.45) is 0.0705. The lowest BCUT2D eigenvalue weighted by Crippen LogP contribution is -2.49. The van der Waals surface area contributed by atoms with Crippen molar-refractivity contribution >= 4 is 29.2 Å². The molecule has 34 heavy (non-hydrogen) atoms. The Labute approximate surface area is 202 Å². The topological polar surface area (TPSA) is 123 Å². The standard InChI is InChI=1S/C25H28N4O4S/c1-15-16(2)34-24(27-15)21(14-18-9-11-19(12-10-18)22(26)30)28-23(31)20(29-25(32)33-3)13-17-7-5-4-6-8-17/h4-12,20-21H,13-14H2,1-3H3,(H2,26,30)(H,28,31)(H,29,32)/t20-,21-/m0/s1. The number of primary amides is 1. The van der Waals surface area contributed by atoms with Crippen molar-refractivity contribution in [3.8, 4) is 0 Å². The first-order chi connectivity index (χ1) is 16.3. The first kappa shape index (κ1) is 24.9. The van der Waals surface area contributed by atoms with Crippen LogP contribution >= 0.6 is 11.3 Å². The molecule has 2 atom stereocenters. The molecule has 0 saturated heterocycles. The lowest BCUT2D eigenvalue weighted by atomic mass is 10.0. The molecule has 3 rings (SSSR count). The largest absolute Gasteiger partial charge is 0.453 e. The summed E-state index contributed by atoms with van der Waals surface area (Å²) in [5.74, 6) is -0.848. The van der Waals surface area contributed by atoms with Gasteiger partial charge in [0.15, 0.2) is 0 Å². The van der Waals surface area contributed by atoms with Crippen molar-refractivity contribution in [1.82, 2.24) is 15.6 Å². The molecule has 0 spiro atoms. The molecule has 1 heterocycles. The summed E-state index contributed by atoms with van der Waals surface area (Å²) in [6.45, 7) is 3.90. The smallest absolute Gasteiger partial charge is 0.407 e. The maximum Gasteiger partial charge on any atom is 0.407 e. The van der Waals surface area contributed by atoms with Gasteiger partial charge in [-0.1, -0.05) is 42.5 Å². The van der Waals surface area contributed by atoms with Crippen LogP contribution in [0.4, 0.5) is 4.79 Å². The number of aromatic nitrogens is 1. The van der Waals surface area contributed by atoms with Crippen LogP contribution in [0.3, 0.4) is 0 Å². The van der Waals surface area contributed by atoms with Gasteiger partial charge >= 0.3 is 6.09 Å². The van der Waals surface area contributed by atoms with Crippen molar-refractivity contribution in [3.05, 3.63) is 86.9 Å². The van der Waals surface area contributed by atoms with Crippen LogP contribution in [-0.2, 0) is 22.4 Å². The lowest BCUT2D eigenvalue weighted by Gasteiger charge is -2.22. The number of rotatable bonds is 9. The molecule has 178 valence electrons. The minimum absolute atomic E-state index is 0.303. The number of hydrogen-bond donors (Lipinski definition) is 3. The van der Waals surface area contributed by atoms with Gasteiger partial charge in [0.2, 0.25) is 11.8 Å². The molecule has 3 amide bonds. The Morgan fingerprint density at radius 2 is 1.62 bits per heavy atom. The molecular weight excluding hydrogens is 452 g/mol. The number of nitrogens with one attached hydrogen (secondary N) is 2. The number of nitrogens with two attached hydrogens (primary N) is 1. The molecule has 1 aromatic heterocycles. The number of thiazole rings is 1. The molecule has 0 fully saturated rings. The molecule has 0 aliphatic rings. The predicted molar refractivity (Wildman–Crippen MR) is 131 cm³/mol. The highest BCUT2D eigenvalue weighted by Crippen LogP contribution is 2.26. The predicted octanol–water partition coefficient (Wildman–Crippen LogP) is 3.23. The van der Waals surface area contributed by atoms with E-state index in [-0.39, 0.29) is 5.91 Å². The molecular formula is C25H28N4O4S. The molecule has 2 aromatic carbocycles. The molecule has 0 aliphatic carbocycles. The van der Waals surface area contributed by atoms with E-state index in [1.807, 2.05) is 44.2 Å². The zero-order valence-corrected chi connectivity index (χ0v) is 20.1. The average molecular weight is 481 g/mol. The molecule has 0 aliphatic heterocycles. The molecule has 8 nitrogen and oxygen atoms in total. The molecule has 4 N–H and O–H groups in total. The highest BCUT2D eigenvalue weighted by molar-refractivity contribution is 7.11. The fourth-order valence-electron chi connectivity index (χ4n) is 3.42. The number of nitrogens with zero attached hydrogens (tertiary/aromatic N) is 1. The van der Waals surface area contributed by atoms with Crippen molar-refractivity contribution in [1.29, 1.82) is 0 Å². The quantitative estimate of drug-likeness (QED) is 0.434. The zero-order chi connectivity index (χ0) is 24.7. The summed E-state index contributed by atoms with van der Waals surface area (Å²) in [5.41, 5.74) is 8.46. The van der Waals surface area contributed by atoms with Gasteiger partial charge in [-0.15, -0.1) is 11.3 Å². The molecule has 0 bridgehead atoms. The first-order valence-electron chi connectivity index (χ1n) is 10.8. The SMILES string of the molecule is COC(=O)N[C@@H](Cc1ccccc1)C(=O)N[C@@H](Cc1ccc(C(N)=O)cc1)c1nc(C)c(C)s1. The van der Waals surface area contributed by atoms with Crippen molar-refractivity contribution in [2.24, 2.45) is 5.73 Å².